The van der Waals surface area contributed by atoms with Gasteiger partial charge >= 0.3 is 0 Å². The monoisotopic (exact) mass is 1100 g/mol. The van der Waals surface area contributed by atoms with Crippen LogP contribution in [-0.2, 0) is 59.2 Å². The number of hydrogen-bond acceptors (Lipinski definition) is 13. The van der Waals surface area contributed by atoms with E-state index in [4.69, 9.17) is 17.2 Å². The summed E-state index contributed by atoms with van der Waals surface area (Å²) in [5.41, 5.74) is 17.0. The highest BCUT2D eigenvalue weighted by molar-refractivity contribution is 5.99. The van der Waals surface area contributed by atoms with Crippen LogP contribution in [0.4, 0.5) is 0 Å². The predicted octanol–water partition coefficient (Wildman–Crippen LogP) is -2.62. The molecule has 1 aromatic carbocycles. The van der Waals surface area contributed by atoms with Gasteiger partial charge in [0.2, 0.25) is 65.0 Å². The third-order valence-electron chi connectivity index (χ3n) is 13.8. The number of aliphatic imine (C=N–C) groups is 1. The van der Waals surface area contributed by atoms with E-state index in [9.17, 15) is 57.8 Å². The number of nitrogens with one attached hydrogen (secondary N) is 7. The normalized spacial score (nSPS) is 16.8. The van der Waals surface area contributed by atoms with E-state index < -0.39 is 132 Å². The van der Waals surface area contributed by atoms with E-state index in [0.29, 0.717) is 31.2 Å². The fraction of sp³-hybridized carbons (Fsp3) is 0.654. The molecule has 0 aliphatic carbocycles. The lowest BCUT2D eigenvalue weighted by molar-refractivity contribution is -0.142. The molecule has 14 N–H and O–H groups in total. The van der Waals surface area contributed by atoms with Crippen molar-refractivity contribution in [3.05, 3.63) is 35.9 Å². The van der Waals surface area contributed by atoms with Crippen molar-refractivity contribution < 1.29 is 57.8 Å². The second-order valence-corrected chi connectivity index (χ2v) is 20.0. The molecule has 26 nitrogen and oxygen atoms in total. The number of primary amides is 1. The Balaban J connectivity index is 2.38. The molecule has 78 heavy (non-hydrogen) atoms. The summed E-state index contributed by atoms with van der Waals surface area (Å²) in [6.45, 7) is 12.1. The number of hydrogen-bond donors (Lipinski definition) is 11. The minimum absolute atomic E-state index is 0.00265. The Hall–Kier alpha value is -7.38. The zero-order chi connectivity index (χ0) is 59.0. The Morgan fingerprint density at radius 1 is 0.731 bits per heavy atom. The van der Waals surface area contributed by atoms with Crippen LogP contribution in [0.3, 0.4) is 0 Å². The van der Waals surface area contributed by atoms with Gasteiger partial charge in [-0.3, -0.25) is 57.7 Å². The van der Waals surface area contributed by atoms with Gasteiger partial charge in [-0.25, -0.2) is 0 Å². The standard InChI is InChI=1S/C52H86N14O12/c1-11-19-35(45(72)61-41(29(4)12-2)48(75)60-36(22-17-24-56-52(54)55)51(78)66-25-18-23-37(66)46(73)58-31(6)44(53)71)59-50(77)43(32(7)67)63-49(76)42(30(5)13-3)62-47(74)38(26-34-20-15-14-16-21-34)65(10)40(70)27-57-39(69)28-64(9)33(8)68/h14-16,20-21,29-32,35-38,41-43,67H,11-13,17-19,22-28H2,1-10H3,(H2,53,71)(H,57,69)(H,58,73)(H,59,77)(H,60,75)(H,61,72)(H,62,74)(H,63,76)(H4,54,55,56)/t29-,30-,31+,32+,35-,36-,37-,38-,41-,42+,43-/m0/s1. The van der Waals surface area contributed by atoms with Crippen LogP contribution in [-0.4, -0.2) is 185 Å². The number of carbonyl (C=O) groups is 11. The summed E-state index contributed by atoms with van der Waals surface area (Å²) < 4.78 is 0. The number of guanidine groups is 1. The van der Waals surface area contributed by atoms with E-state index in [-0.39, 0.29) is 63.6 Å². The fourth-order valence-electron chi connectivity index (χ4n) is 8.38. The minimum Gasteiger partial charge on any atom is -0.391 e. The second-order valence-electron chi connectivity index (χ2n) is 20.0. The lowest BCUT2D eigenvalue weighted by Crippen LogP contribution is -2.63. The molecule has 1 aromatic rings. The molecule has 1 aliphatic rings. The smallest absolute Gasteiger partial charge is 0.245 e. The average molecular weight is 1100 g/mol. The first-order valence-electron chi connectivity index (χ1n) is 26.6. The number of nitrogens with zero attached hydrogens (tertiary/aromatic N) is 4. The van der Waals surface area contributed by atoms with Crippen LogP contribution in [0.5, 0.6) is 0 Å². The second kappa shape index (κ2) is 33.0. The van der Waals surface area contributed by atoms with Crippen LogP contribution in [0.15, 0.2) is 35.3 Å². The maximum absolute atomic E-state index is 14.3. The predicted molar refractivity (Wildman–Crippen MR) is 290 cm³/mol. The summed E-state index contributed by atoms with van der Waals surface area (Å²) in [4.78, 5) is 156. The Labute approximate surface area is 457 Å². The first kappa shape index (κ1) is 66.7. The lowest BCUT2D eigenvalue weighted by atomic mass is 9.96. The summed E-state index contributed by atoms with van der Waals surface area (Å²) in [6, 6.07) is -1.16. The van der Waals surface area contributed by atoms with E-state index in [1.54, 1.807) is 65.0 Å². The molecule has 0 radical (unpaired) electrons. The maximum atomic E-state index is 14.3. The van der Waals surface area contributed by atoms with Crippen molar-refractivity contribution in [3.8, 4) is 0 Å². The zero-order valence-corrected chi connectivity index (χ0v) is 46.9. The van der Waals surface area contributed by atoms with Gasteiger partial charge in [0.05, 0.1) is 19.2 Å². The summed E-state index contributed by atoms with van der Waals surface area (Å²) >= 11 is 0. The number of nitrogens with two attached hydrogens (primary N) is 3. The Bertz CT molecular complexity index is 2260. The number of aliphatic hydroxyl groups is 1. The molecule has 0 saturated carbocycles. The SMILES string of the molecule is CCC[C@H](NC(=O)[C@@H](NC(=O)[C@H](NC(=O)[C@H](Cc1ccccc1)N(C)C(=O)CNC(=O)CN(C)C(C)=O)[C@@H](C)CC)[C@@H](C)O)C(=O)N[C@H](C(=O)N[C@@H](CCCN=C(N)N)C(=O)N1CCC[C@H]1C(=O)N[C@H](C)C(N)=O)[C@@H](C)CC. The van der Waals surface area contributed by atoms with E-state index >= 15 is 0 Å². The van der Waals surface area contributed by atoms with Crippen LogP contribution < -0.4 is 54.4 Å². The molecule has 11 amide bonds. The quantitative estimate of drug-likeness (QED) is 0.0200. The number of likely N-dealkylation sites (tertiary alicyclic amines) is 1. The third kappa shape index (κ3) is 21.2. The van der Waals surface area contributed by atoms with Crippen LogP contribution in [0.1, 0.15) is 112 Å². The Morgan fingerprint density at radius 3 is 1.82 bits per heavy atom. The van der Waals surface area contributed by atoms with Gasteiger partial charge in [0, 0.05) is 40.5 Å². The van der Waals surface area contributed by atoms with Crippen molar-refractivity contribution >= 4 is 70.9 Å². The van der Waals surface area contributed by atoms with Gasteiger partial charge in [-0.15, -0.1) is 0 Å². The molecule has 1 heterocycles. The largest absolute Gasteiger partial charge is 0.391 e. The maximum Gasteiger partial charge on any atom is 0.245 e. The molecule has 1 saturated heterocycles. The summed E-state index contributed by atoms with van der Waals surface area (Å²) in [5.74, 6) is -8.92. The number of amides is 11. The van der Waals surface area contributed by atoms with Crippen molar-refractivity contribution in [2.45, 2.75) is 168 Å². The van der Waals surface area contributed by atoms with Crippen molar-refractivity contribution in [2.75, 3.05) is 40.3 Å². The van der Waals surface area contributed by atoms with Gasteiger partial charge in [-0.1, -0.05) is 84.2 Å². The number of benzene rings is 1. The molecule has 0 unspecified atom stereocenters. The summed E-state index contributed by atoms with van der Waals surface area (Å²) in [5, 5.41) is 29.4. The molecule has 0 aromatic heterocycles. The summed E-state index contributed by atoms with van der Waals surface area (Å²) in [7, 11) is 2.80. The first-order valence-corrected chi connectivity index (χ1v) is 26.6. The highest BCUT2D eigenvalue weighted by Gasteiger charge is 2.41. The van der Waals surface area contributed by atoms with Crippen LogP contribution in [0.2, 0.25) is 0 Å². The number of carbonyl (C=O) groups excluding carboxylic acids is 11. The average Bonchev–Trinajstić information content (AvgIpc) is 3.90. The van der Waals surface area contributed by atoms with Gasteiger partial charge in [0.1, 0.15) is 48.3 Å². The van der Waals surface area contributed by atoms with Gasteiger partial charge in [0.25, 0.3) is 0 Å². The lowest BCUT2D eigenvalue weighted by Gasteiger charge is -2.32. The highest BCUT2D eigenvalue weighted by Crippen LogP contribution is 2.21. The van der Waals surface area contributed by atoms with Crippen molar-refractivity contribution in [1.82, 2.24) is 51.9 Å². The van der Waals surface area contributed by atoms with Crippen LogP contribution in [0.25, 0.3) is 0 Å². The third-order valence-corrected chi connectivity index (χ3v) is 13.8. The van der Waals surface area contributed by atoms with Gasteiger partial charge in [0.15, 0.2) is 5.96 Å². The van der Waals surface area contributed by atoms with Crippen molar-refractivity contribution in [3.63, 3.8) is 0 Å². The van der Waals surface area contributed by atoms with Crippen LogP contribution >= 0.6 is 0 Å². The molecule has 2 rings (SSSR count). The van der Waals surface area contributed by atoms with E-state index in [1.807, 2.05) is 0 Å². The van der Waals surface area contributed by atoms with E-state index in [0.717, 1.165) is 9.80 Å². The molecule has 436 valence electrons. The van der Waals surface area contributed by atoms with Crippen LogP contribution in [0, 0.1) is 11.8 Å². The fourth-order valence-corrected chi connectivity index (χ4v) is 8.38. The Morgan fingerprint density at radius 2 is 1.28 bits per heavy atom. The molecule has 11 atom stereocenters. The topological polar surface area (TPSA) is 392 Å². The molecule has 1 fully saturated rings. The van der Waals surface area contributed by atoms with Gasteiger partial charge in [-0.2, -0.15) is 0 Å². The van der Waals surface area contributed by atoms with Gasteiger partial charge in [-0.05, 0) is 63.4 Å². The molecule has 0 spiro atoms. The number of aliphatic hydroxyl groups excluding tert-OH is 1. The van der Waals surface area contributed by atoms with Gasteiger partial charge < -0.3 is 74.2 Å². The molecule has 26 heteroatoms. The summed E-state index contributed by atoms with van der Waals surface area (Å²) in [6.07, 6.45) is 0.596. The number of likely N-dealkylation sites (N-methyl/N-ethyl adjacent to an activating group) is 2. The molecular formula is C52H86N14O12. The minimum atomic E-state index is -1.67. The Kier molecular flexibility index (Phi) is 28.3. The van der Waals surface area contributed by atoms with E-state index in [2.05, 4.69) is 42.2 Å². The molecule has 0 bridgehead atoms. The van der Waals surface area contributed by atoms with Crippen molar-refractivity contribution in [2.24, 2.45) is 34.0 Å². The number of rotatable bonds is 32. The zero-order valence-electron chi connectivity index (χ0n) is 46.9. The first-order chi connectivity index (χ1) is 36.7. The van der Waals surface area contributed by atoms with E-state index in [1.165, 1.54) is 39.8 Å². The van der Waals surface area contributed by atoms with Crippen molar-refractivity contribution in [1.29, 1.82) is 0 Å². The molecule has 1 aliphatic heterocycles. The molecular weight excluding hydrogens is 1010 g/mol. The highest BCUT2D eigenvalue weighted by atomic mass is 16.3.